The average Bonchev–Trinajstić information content (AvgIpc) is 2.92. The van der Waals surface area contributed by atoms with Crippen LogP contribution in [0.15, 0.2) is 22.7 Å². The number of amides is 1. The number of hydrogen-bond acceptors (Lipinski definition) is 5. The van der Waals surface area contributed by atoms with E-state index in [2.05, 4.69) is 26.2 Å². The molecule has 1 amide bonds. The summed E-state index contributed by atoms with van der Waals surface area (Å²) < 4.78 is 6.28. The number of fused-ring (bicyclic) bond motifs is 1. The first kappa shape index (κ1) is 18.8. The number of thiophene rings is 1. The van der Waals surface area contributed by atoms with Crippen molar-refractivity contribution >= 4 is 54.8 Å². The number of carbonyl (C=O) groups excluding carboxylic acids is 1. The second-order valence-electron chi connectivity index (χ2n) is 6.18. The number of nitrogens with two attached hydrogens (primary N) is 1. The van der Waals surface area contributed by atoms with E-state index in [1.165, 1.54) is 11.3 Å². The first-order chi connectivity index (χ1) is 12.3. The summed E-state index contributed by atoms with van der Waals surface area (Å²) >= 11 is 4.81. The molecule has 0 saturated heterocycles. The lowest BCUT2D eigenvalue weighted by atomic mass is 10.1. The van der Waals surface area contributed by atoms with Gasteiger partial charge in [-0.15, -0.1) is 11.3 Å². The maximum absolute atomic E-state index is 12.9. The minimum atomic E-state index is -0.226. The molecule has 5 nitrogen and oxygen atoms in total. The van der Waals surface area contributed by atoms with E-state index in [0.717, 1.165) is 42.8 Å². The molecule has 0 aliphatic carbocycles. The Hall–Kier alpha value is -1.96. The van der Waals surface area contributed by atoms with Crippen LogP contribution in [0.2, 0.25) is 0 Å². The van der Waals surface area contributed by atoms with Crippen molar-refractivity contribution in [3.8, 4) is 0 Å². The number of aromatic nitrogens is 1. The molecule has 136 valence electrons. The number of anilines is 2. The molecule has 0 atom stereocenters. The number of halogens is 1. The van der Waals surface area contributed by atoms with Crippen LogP contribution in [0.4, 0.5) is 11.4 Å². The van der Waals surface area contributed by atoms with Crippen molar-refractivity contribution in [2.75, 3.05) is 18.2 Å². The van der Waals surface area contributed by atoms with E-state index in [1.807, 2.05) is 39.0 Å². The van der Waals surface area contributed by atoms with E-state index in [-0.39, 0.29) is 5.91 Å². The fraction of sp³-hybridized carbons (Fsp3) is 0.263. The number of carbonyl (C=O) groups is 1. The van der Waals surface area contributed by atoms with Crippen molar-refractivity contribution in [1.82, 2.24) is 4.98 Å². The molecule has 1 aromatic carbocycles. The quantitative estimate of drug-likeness (QED) is 0.608. The lowest BCUT2D eigenvalue weighted by Gasteiger charge is -2.11. The van der Waals surface area contributed by atoms with Gasteiger partial charge in [0.25, 0.3) is 5.91 Å². The highest BCUT2D eigenvalue weighted by Gasteiger charge is 2.21. The molecule has 2 aromatic heterocycles. The third-order valence-electron chi connectivity index (χ3n) is 4.38. The lowest BCUT2D eigenvalue weighted by Crippen LogP contribution is -2.13. The molecule has 26 heavy (non-hydrogen) atoms. The average molecular weight is 434 g/mol. The van der Waals surface area contributed by atoms with Gasteiger partial charge in [0, 0.05) is 28.4 Å². The molecular weight excluding hydrogens is 414 g/mol. The molecule has 0 aliphatic rings. The molecule has 0 bridgehead atoms. The summed E-state index contributed by atoms with van der Waals surface area (Å²) in [5, 5.41) is 3.78. The molecule has 0 unspecified atom stereocenters. The second kappa shape index (κ2) is 7.34. The van der Waals surface area contributed by atoms with Crippen molar-refractivity contribution in [3.05, 3.63) is 49.9 Å². The molecule has 0 spiro atoms. The van der Waals surface area contributed by atoms with Crippen LogP contribution >= 0.6 is 27.3 Å². The summed E-state index contributed by atoms with van der Waals surface area (Å²) in [4.78, 5) is 18.6. The molecule has 0 radical (unpaired) electrons. The van der Waals surface area contributed by atoms with Gasteiger partial charge in [-0.1, -0.05) is 15.9 Å². The molecule has 0 saturated carbocycles. The summed E-state index contributed by atoms with van der Waals surface area (Å²) in [5.41, 5.74) is 11.5. The third-order valence-corrected chi connectivity index (χ3v) is 6.34. The van der Waals surface area contributed by atoms with Crippen LogP contribution in [0.1, 0.15) is 32.1 Å². The van der Waals surface area contributed by atoms with Gasteiger partial charge in [-0.25, -0.2) is 4.98 Å². The molecule has 3 N–H and O–H groups in total. The van der Waals surface area contributed by atoms with E-state index < -0.39 is 0 Å². The zero-order valence-electron chi connectivity index (χ0n) is 15.1. The topological polar surface area (TPSA) is 77.2 Å². The number of hydrogen-bond donors (Lipinski definition) is 2. The SMILES string of the molecule is COCc1cc(C)nc2sc(C(=O)Nc3ccc(Br)c(C)c3C)c(N)c12. The summed E-state index contributed by atoms with van der Waals surface area (Å²) in [6.45, 7) is 6.33. The van der Waals surface area contributed by atoms with Crippen LogP contribution in [-0.4, -0.2) is 18.0 Å². The minimum absolute atomic E-state index is 0.226. The number of aryl methyl sites for hydroxylation is 1. The van der Waals surface area contributed by atoms with Gasteiger partial charge < -0.3 is 15.8 Å². The zero-order chi connectivity index (χ0) is 19.0. The van der Waals surface area contributed by atoms with E-state index in [4.69, 9.17) is 10.5 Å². The van der Waals surface area contributed by atoms with E-state index >= 15 is 0 Å². The number of rotatable bonds is 4. The Kier molecular flexibility index (Phi) is 5.32. The summed E-state index contributed by atoms with van der Waals surface area (Å²) in [6, 6.07) is 5.75. The Labute approximate surface area is 164 Å². The molecule has 0 fully saturated rings. The Morgan fingerprint density at radius 3 is 2.73 bits per heavy atom. The van der Waals surface area contributed by atoms with Gasteiger partial charge in [-0.3, -0.25) is 4.79 Å². The number of nitrogens with one attached hydrogen (secondary N) is 1. The van der Waals surface area contributed by atoms with Crippen molar-refractivity contribution in [2.45, 2.75) is 27.4 Å². The Morgan fingerprint density at radius 1 is 1.31 bits per heavy atom. The van der Waals surface area contributed by atoms with Gasteiger partial charge in [-0.2, -0.15) is 0 Å². The van der Waals surface area contributed by atoms with Gasteiger partial charge in [0.05, 0.1) is 12.3 Å². The Balaban J connectivity index is 2.03. The highest BCUT2D eigenvalue weighted by Crippen LogP contribution is 2.36. The predicted molar refractivity (Wildman–Crippen MR) is 111 cm³/mol. The lowest BCUT2D eigenvalue weighted by molar-refractivity contribution is 0.103. The number of pyridine rings is 1. The standard InChI is InChI=1S/C19H20BrN3O2S/c1-9-7-12(8-25-4)15-16(21)17(26-19(15)22-9)18(24)23-14-6-5-13(20)10(2)11(14)3/h5-7H,8,21H2,1-4H3,(H,23,24). The largest absolute Gasteiger partial charge is 0.397 e. The molecule has 7 heteroatoms. The molecule has 3 aromatic rings. The van der Waals surface area contributed by atoms with Crippen LogP contribution in [-0.2, 0) is 11.3 Å². The number of benzene rings is 1. The normalized spacial score (nSPS) is 11.1. The zero-order valence-corrected chi connectivity index (χ0v) is 17.5. The Bertz CT molecular complexity index is 1010. The molecule has 0 aliphatic heterocycles. The number of nitrogens with zero attached hydrogens (tertiary/aromatic N) is 1. The van der Waals surface area contributed by atoms with Crippen molar-refractivity contribution in [2.24, 2.45) is 0 Å². The van der Waals surface area contributed by atoms with Gasteiger partial charge >= 0.3 is 0 Å². The van der Waals surface area contributed by atoms with Crippen LogP contribution in [0.3, 0.4) is 0 Å². The van der Waals surface area contributed by atoms with Crippen molar-refractivity contribution < 1.29 is 9.53 Å². The first-order valence-electron chi connectivity index (χ1n) is 8.08. The summed E-state index contributed by atoms with van der Waals surface area (Å²) in [6.07, 6.45) is 0. The van der Waals surface area contributed by atoms with Gasteiger partial charge in [0.1, 0.15) is 9.71 Å². The molecule has 3 rings (SSSR count). The number of nitrogen functional groups attached to an aromatic ring is 1. The highest BCUT2D eigenvalue weighted by atomic mass is 79.9. The van der Waals surface area contributed by atoms with E-state index in [9.17, 15) is 4.79 Å². The van der Waals surface area contributed by atoms with Crippen molar-refractivity contribution in [1.29, 1.82) is 0 Å². The van der Waals surface area contributed by atoms with Gasteiger partial charge in [-0.05, 0) is 55.7 Å². The van der Waals surface area contributed by atoms with Crippen LogP contribution < -0.4 is 11.1 Å². The first-order valence-corrected chi connectivity index (χ1v) is 9.69. The monoisotopic (exact) mass is 433 g/mol. The Morgan fingerprint density at radius 2 is 2.04 bits per heavy atom. The second-order valence-corrected chi connectivity index (χ2v) is 8.03. The molecular formula is C19H20BrN3O2S. The van der Waals surface area contributed by atoms with Crippen LogP contribution in [0, 0.1) is 20.8 Å². The number of methoxy groups -OCH3 is 1. The maximum atomic E-state index is 12.9. The summed E-state index contributed by atoms with van der Waals surface area (Å²) in [5.74, 6) is -0.226. The minimum Gasteiger partial charge on any atom is -0.397 e. The predicted octanol–water partition coefficient (Wildman–Crippen LogP) is 4.96. The van der Waals surface area contributed by atoms with Gasteiger partial charge in [0.2, 0.25) is 0 Å². The fourth-order valence-corrected chi connectivity index (χ4v) is 4.39. The maximum Gasteiger partial charge on any atom is 0.267 e. The van der Waals surface area contributed by atoms with Crippen LogP contribution in [0.25, 0.3) is 10.2 Å². The van der Waals surface area contributed by atoms with E-state index in [1.54, 1.807) is 7.11 Å². The van der Waals surface area contributed by atoms with Crippen molar-refractivity contribution in [3.63, 3.8) is 0 Å². The highest BCUT2D eigenvalue weighted by molar-refractivity contribution is 9.10. The van der Waals surface area contributed by atoms with Gasteiger partial charge in [0.15, 0.2) is 0 Å². The smallest absolute Gasteiger partial charge is 0.267 e. The van der Waals surface area contributed by atoms with E-state index in [0.29, 0.717) is 17.2 Å². The molecule has 2 heterocycles. The fourth-order valence-electron chi connectivity index (χ4n) is 2.88. The van der Waals surface area contributed by atoms with Crippen LogP contribution in [0.5, 0.6) is 0 Å². The third kappa shape index (κ3) is 3.34. The number of ether oxygens (including phenoxy) is 1. The summed E-state index contributed by atoms with van der Waals surface area (Å²) in [7, 11) is 1.64.